The van der Waals surface area contributed by atoms with Crippen molar-refractivity contribution in [2.75, 3.05) is 6.54 Å². The highest BCUT2D eigenvalue weighted by molar-refractivity contribution is 9.10. The predicted molar refractivity (Wildman–Crippen MR) is 94.3 cm³/mol. The SMILES string of the molecule is Cc1cc(C(F)(F)F)n2nc(C(=O)NCCCn3nccc3C)c(Br)c2n1. The van der Waals surface area contributed by atoms with Crippen molar-refractivity contribution in [3.05, 3.63) is 45.6 Å². The van der Waals surface area contributed by atoms with Crippen LogP contribution in [0, 0.1) is 13.8 Å². The molecule has 0 aliphatic heterocycles. The molecule has 3 rings (SSSR count). The van der Waals surface area contributed by atoms with E-state index in [1.165, 1.54) is 6.92 Å². The topological polar surface area (TPSA) is 77.1 Å². The second-order valence-corrected chi connectivity index (χ2v) is 6.78. The Morgan fingerprint density at radius 3 is 2.70 bits per heavy atom. The van der Waals surface area contributed by atoms with Crippen LogP contribution in [0.5, 0.6) is 0 Å². The fourth-order valence-electron chi connectivity index (χ4n) is 2.61. The van der Waals surface area contributed by atoms with E-state index in [0.29, 0.717) is 24.0 Å². The van der Waals surface area contributed by atoms with Crippen LogP contribution in [0.1, 0.15) is 34.0 Å². The van der Waals surface area contributed by atoms with Crippen LogP contribution in [-0.4, -0.2) is 36.8 Å². The molecule has 3 aromatic heterocycles. The largest absolute Gasteiger partial charge is 0.433 e. The molecule has 11 heteroatoms. The van der Waals surface area contributed by atoms with Crippen LogP contribution < -0.4 is 5.32 Å². The van der Waals surface area contributed by atoms with Crippen molar-refractivity contribution < 1.29 is 18.0 Å². The fraction of sp³-hybridized carbons (Fsp3) is 0.375. The lowest BCUT2D eigenvalue weighted by Crippen LogP contribution is -2.26. The molecule has 0 aromatic carbocycles. The van der Waals surface area contributed by atoms with Gasteiger partial charge in [0.25, 0.3) is 5.91 Å². The van der Waals surface area contributed by atoms with E-state index >= 15 is 0 Å². The number of aryl methyl sites for hydroxylation is 3. The summed E-state index contributed by atoms with van der Waals surface area (Å²) < 4.78 is 42.3. The van der Waals surface area contributed by atoms with Gasteiger partial charge in [-0.05, 0) is 48.3 Å². The van der Waals surface area contributed by atoms with E-state index in [9.17, 15) is 18.0 Å². The second kappa shape index (κ2) is 7.29. The predicted octanol–water partition coefficient (Wildman–Crippen LogP) is 3.14. The monoisotopic (exact) mass is 444 g/mol. The molecule has 0 saturated heterocycles. The third kappa shape index (κ3) is 3.97. The molecule has 3 heterocycles. The third-order valence-corrected chi connectivity index (χ3v) is 4.66. The van der Waals surface area contributed by atoms with Crippen LogP contribution in [0.25, 0.3) is 5.65 Å². The molecule has 1 N–H and O–H groups in total. The number of fused-ring (bicyclic) bond motifs is 1. The van der Waals surface area contributed by atoms with Gasteiger partial charge in [-0.1, -0.05) is 0 Å². The summed E-state index contributed by atoms with van der Waals surface area (Å²) in [5, 5.41) is 10.6. The van der Waals surface area contributed by atoms with Crippen molar-refractivity contribution in [2.45, 2.75) is 33.0 Å². The Morgan fingerprint density at radius 1 is 1.33 bits per heavy atom. The summed E-state index contributed by atoms with van der Waals surface area (Å²) in [6.45, 7) is 4.32. The molecule has 0 bridgehead atoms. The maximum atomic E-state index is 13.2. The number of hydrogen-bond donors (Lipinski definition) is 1. The van der Waals surface area contributed by atoms with Crippen LogP contribution in [0.3, 0.4) is 0 Å². The molecule has 0 aliphatic carbocycles. The number of halogens is 4. The normalized spacial score (nSPS) is 11.9. The smallest absolute Gasteiger partial charge is 0.351 e. The van der Waals surface area contributed by atoms with Crippen molar-refractivity contribution in [1.82, 2.24) is 29.7 Å². The van der Waals surface area contributed by atoms with E-state index < -0.39 is 17.8 Å². The molecule has 0 atom stereocenters. The molecule has 1 amide bonds. The molecule has 0 radical (unpaired) electrons. The van der Waals surface area contributed by atoms with E-state index in [4.69, 9.17) is 0 Å². The number of nitrogens with zero attached hydrogens (tertiary/aromatic N) is 5. The molecule has 0 aliphatic rings. The quantitative estimate of drug-likeness (QED) is 0.613. The Labute approximate surface area is 160 Å². The molecule has 0 spiro atoms. The lowest BCUT2D eigenvalue weighted by Gasteiger charge is -2.09. The molecule has 3 aromatic rings. The van der Waals surface area contributed by atoms with Gasteiger partial charge < -0.3 is 5.32 Å². The number of nitrogens with one attached hydrogen (secondary N) is 1. The summed E-state index contributed by atoms with van der Waals surface area (Å²) in [6.07, 6.45) is -2.31. The minimum absolute atomic E-state index is 0.0559. The van der Waals surface area contributed by atoms with Gasteiger partial charge >= 0.3 is 6.18 Å². The number of carbonyl (C=O) groups is 1. The highest BCUT2D eigenvalue weighted by atomic mass is 79.9. The summed E-state index contributed by atoms with van der Waals surface area (Å²) in [4.78, 5) is 16.4. The minimum Gasteiger partial charge on any atom is -0.351 e. The van der Waals surface area contributed by atoms with E-state index in [0.717, 1.165) is 11.8 Å². The van der Waals surface area contributed by atoms with Crippen LogP contribution >= 0.6 is 15.9 Å². The Bertz CT molecular complexity index is 994. The Kier molecular flexibility index (Phi) is 5.22. The maximum Gasteiger partial charge on any atom is 0.433 e. The maximum absolute atomic E-state index is 13.2. The lowest BCUT2D eigenvalue weighted by molar-refractivity contribution is -0.142. The highest BCUT2D eigenvalue weighted by Crippen LogP contribution is 2.32. The summed E-state index contributed by atoms with van der Waals surface area (Å²) >= 11 is 3.15. The van der Waals surface area contributed by atoms with Crippen LogP contribution in [-0.2, 0) is 12.7 Å². The molecule has 27 heavy (non-hydrogen) atoms. The lowest BCUT2D eigenvalue weighted by atomic mass is 10.3. The molecule has 0 fully saturated rings. The van der Waals surface area contributed by atoms with Crippen molar-refractivity contribution in [1.29, 1.82) is 0 Å². The van der Waals surface area contributed by atoms with Gasteiger partial charge in [0.15, 0.2) is 11.3 Å². The first kappa shape index (κ1) is 19.3. The van der Waals surface area contributed by atoms with Gasteiger partial charge in [-0.15, -0.1) is 0 Å². The second-order valence-electron chi connectivity index (χ2n) is 5.98. The van der Waals surface area contributed by atoms with Crippen LogP contribution in [0.15, 0.2) is 22.8 Å². The van der Waals surface area contributed by atoms with Gasteiger partial charge in [-0.2, -0.15) is 23.4 Å². The van der Waals surface area contributed by atoms with Gasteiger partial charge in [0.2, 0.25) is 0 Å². The number of hydrogen-bond acceptors (Lipinski definition) is 4. The first-order valence-electron chi connectivity index (χ1n) is 8.08. The van der Waals surface area contributed by atoms with Crippen LogP contribution in [0.2, 0.25) is 0 Å². The minimum atomic E-state index is -4.62. The first-order chi connectivity index (χ1) is 12.7. The number of alkyl halides is 3. The molecule has 144 valence electrons. The van der Waals surface area contributed by atoms with Crippen molar-refractivity contribution in [2.24, 2.45) is 0 Å². The Morgan fingerprint density at radius 2 is 2.07 bits per heavy atom. The summed E-state index contributed by atoms with van der Waals surface area (Å²) in [6, 6.07) is 2.76. The zero-order valence-electron chi connectivity index (χ0n) is 14.5. The average Bonchev–Trinajstić information content (AvgIpc) is 3.14. The van der Waals surface area contributed by atoms with Gasteiger partial charge in [-0.3, -0.25) is 9.48 Å². The zero-order chi connectivity index (χ0) is 19.8. The molecule has 7 nitrogen and oxygen atoms in total. The van der Waals surface area contributed by atoms with Crippen molar-refractivity contribution in [3.8, 4) is 0 Å². The number of aromatic nitrogens is 5. The number of carbonyl (C=O) groups excluding carboxylic acids is 1. The fourth-order valence-corrected chi connectivity index (χ4v) is 3.12. The molecule has 0 unspecified atom stereocenters. The zero-order valence-corrected chi connectivity index (χ0v) is 16.1. The third-order valence-electron chi connectivity index (χ3n) is 3.93. The van der Waals surface area contributed by atoms with E-state index in [1.54, 1.807) is 10.9 Å². The van der Waals surface area contributed by atoms with Crippen LogP contribution in [0.4, 0.5) is 13.2 Å². The summed E-state index contributed by atoms with van der Waals surface area (Å²) in [5.74, 6) is -0.574. The van der Waals surface area contributed by atoms with Gasteiger partial charge in [0.05, 0.1) is 4.47 Å². The van der Waals surface area contributed by atoms with Gasteiger partial charge in [0, 0.05) is 30.7 Å². The number of rotatable bonds is 5. The first-order valence-corrected chi connectivity index (χ1v) is 8.87. The van der Waals surface area contributed by atoms with Crippen molar-refractivity contribution >= 4 is 27.5 Å². The summed E-state index contributed by atoms with van der Waals surface area (Å²) in [7, 11) is 0. The Balaban J connectivity index is 1.77. The molecule has 0 saturated carbocycles. The standard InChI is InChI=1S/C16H16BrF3N6O/c1-9-8-11(16(18,19)20)26-14(23-9)12(17)13(24-26)15(27)21-5-3-7-25-10(2)4-6-22-25/h4,6,8H,3,5,7H2,1-2H3,(H,21,27). The van der Waals surface area contributed by atoms with E-state index in [2.05, 4.69) is 36.4 Å². The molecular formula is C16H16BrF3N6O. The highest BCUT2D eigenvalue weighted by Gasteiger charge is 2.36. The molecular weight excluding hydrogens is 429 g/mol. The average molecular weight is 445 g/mol. The summed E-state index contributed by atoms with van der Waals surface area (Å²) in [5.41, 5.74) is -0.00469. The van der Waals surface area contributed by atoms with Gasteiger partial charge in [-0.25, -0.2) is 9.50 Å². The van der Waals surface area contributed by atoms with Crippen molar-refractivity contribution in [3.63, 3.8) is 0 Å². The van der Waals surface area contributed by atoms with E-state index in [-0.39, 0.29) is 21.5 Å². The number of amides is 1. The van der Waals surface area contributed by atoms with E-state index in [1.807, 2.05) is 13.0 Å². The Hall–Kier alpha value is -2.43. The van der Waals surface area contributed by atoms with Gasteiger partial charge in [0.1, 0.15) is 5.69 Å².